The number of rotatable bonds is 6. The van der Waals surface area contributed by atoms with Gasteiger partial charge < -0.3 is 25.4 Å². The first-order valence-corrected chi connectivity index (χ1v) is 6.84. The maximum absolute atomic E-state index is 11.1. The third-order valence-corrected chi connectivity index (χ3v) is 3.81. The van der Waals surface area contributed by atoms with Crippen LogP contribution in [0.25, 0.3) is 0 Å². The van der Waals surface area contributed by atoms with Crippen molar-refractivity contribution in [2.75, 3.05) is 13.7 Å². The van der Waals surface area contributed by atoms with Crippen LogP contribution in [-0.4, -0.2) is 59.3 Å². The topological polar surface area (TPSA) is 99.0 Å². The minimum atomic E-state index is -1.04. The molecule has 0 saturated carbocycles. The van der Waals surface area contributed by atoms with Crippen molar-refractivity contribution in [2.45, 2.75) is 57.0 Å². The summed E-state index contributed by atoms with van der Waals surface area (Å²) in [5.74, 6) is -0.167. The zero-order valence-corrected chi connectivity index (χ0v) is 11.6. The van der Waals surface area contributed by atoms with Crippen LogP contribution in [0.15, 0.2) is 0 Å². The first-order chi connectivity index (χ1) is 9.01. The number of aliphatic hydroxyl groups is 3. The number of unbranched alkanes of at least 4 members (excludes halogenated alkanes) is 1. The van der Waals surface area contributed by atoms with E-state index in [9.17, 15) is 15.0 Å². The Morgan fingerprint density at radius 2 is 1.89 bits per heavy atom. The first kappa shape index (κ1) is 16.4. The van der Waals surface area contributed by atoms with Crippen molar-refractivity contribution in [2.24, 2.45) is 5.92 Å². The van der Waals surface area contributed by atoms with Gasteiger partial charge in [-0.2, -0.15) is 0 Å². The van der Waals surface area contributed by atoms with Crippen LogP contribution in [0.3, 0.4) is 0 Å². The molecular weight excluding hydrogens is 250 g/mol. The minimum Gasteiger partial charge on any atom is -0.394 e. The molecule has 0 aromatic heterocycles. The Bertz CT molecular complexity index is 284. The van der Waals surface area contributed by atoms with Crippen LogP contribution in [0.4, 0.5) is 0 Å². The fourth-order valence-electron chi connectivity index (χ4n) is 2.42. The summed E-state index contributed by atoms with van der Waals surface area (Å²) >= 11 is 0. The zero-order chi connectivity index (χ0) is 14.4. The van der Waals surface area contributed by atoms with Crippen molar-refractivity contribution in [3.63, 3.8) is 0 Å². The quantitative estimate of drug-likeness (QED) is 0.486. The van der Waals surface area contributed by atoms with E-state index in [-0.39, 0.29) is 24.5 Å². The Morgan fingerprint density at radius 3 is 2.47 bits per heavy atom. The highest BCUT2D eigenvalue weighted by molar-refractivity contribution is 5.75. The molecule has 0 radical (unpaired) electrons. The smallest absolute Gasteiger partial charge is 0.219 e. The van der Waals surface area contributed by atoms with Gasteiger partial charge in [-0.15, -0.1) is 0 Å². The molecule has 1 aliphatic rings. The average molecular weight is 275 g/mol. The molecular formula is C13H25NO5. The van der Waals surface area contributed by atoms with Crippen molar-refractivity contribution in [3.8, 4) is 0 Å². The number of carbonyl (C=O) groups is 1. The third-order valence-electron chi connectivity index (χ3n) is 3.81. The fourth-order valence-corrected chi connectivity index (χ4v) is 2.42. The molecule has 1 heterocycles. The summed E-state index contributed by atoms with van der Waals surface area (Å²) in [6.07, 6.45) is -0.0877. The van der Waals surface area contributed by atoms with E-state index in [1.807, 2.05) is 6.92 Å². The standard InChI is InChI=1S/C13H25NO5/c1-8-9(5-3-4-6-11(16)14-2)19-10(7-15)13(18)12(8)17/h8-10,12-13,15,17-18H,3-7H2,1-2H3,(H,14,16). The largest absolute Gasteiger partial charge is 0.394 e. The van der Waals surface area contributed by atoms with Crippen LogP contribution < -0.4 is 5.32 Å². The number of hydrogen-bond donors (Lipinski definition) is 4. The summed E-state index contributed by atoms with van der Waals surface area (Å²) in [6, 6.07) is 0. The Labute approximate surface area is 113 Å². The van der Waals surface area contributed by atoms with Crippen molar-refractivity contribution < 1.29 is 24.9 Å². The number of aliphatic hydroxyl groups excluding tert-OH is 3. The lowest BCUT2D eigenvalue weighted by Gasteiger charge is -2.41. The fraction of sp³-hybridized carbons (Fsp3) is 0.923. The molecule has 6 heteroatoms. The van der Waals surface area contributed by atoms with E-state index in [4.69, 9.17) is 9.84 Å². The van der Waals surface area contributed by atoms with Gasteiger partial charge in [-0.25, -0.2) is 0 Å². The van der Waals surface area contributed by atoms with Crippen molar-refractivity contribution in [1.82, 2.24) is 5.32 Å². The monoisotopic (exact) mass is 275 g/mol. The van der Waals surface area contributed by atoms with E-state index in [2.05, 4.69) is 5.32 Å². The second kappa shape index (κ2) is 7.79. The number of hydrogen-bond acceptors (Lipinski definition) is 5. The molecule has 0 bridgehead atoms. The molecule has 5 unspecified atom stereocenters. The highest BCUT2D eigenvalue weighted by atomic mass is 16.5. The van der Waals surface area contributed by atoms with Gasteiger partial charge in [-0.3, -0.25) is 4.79 Å². The lowest BCUT2D eigenvalue weighted by atomic mass is 9.86. The molecule has 1 saturated heterocycles. The molecule has 1 amide bonds. The van der Waals surface area contributed by atoms with Crippen molar-refractivity contribution in [1.29, 1.82) is 0 Å². The molecule has 5 atom stereocenters. The molecule has 0 aromatic rings. The number of ether oxygens (including phenoxy) is 1. The minimum absolute atomic E-state index is 0.0151. The Kier molecular flexibility index (Phi) is 6.71. The molecule has 0 spiro atoms. The molecule has 19 heavy (non-hydrogen) atoms. The molecule has 0 aromatic carbocycles. The van der Waals surface area contributed by atoms with Crippen molar-refractivity contribution in [3.05, 3.63) is 0 Å². The van der Waals surface area contributed by atoms with Gasteiger partial charge in [-0.1, -0.05) is 13.3 Å². The SMILES string of the molecule is CNC(=O)CCCCC1OC(CO)C(O)C(O)C1C. The summed E-state index contributed by atoms with van der Waals surface area (Å²) in [5, 5.41) is 31.3. The lowest BCUT2D eigenvalue weighted by Crippen LogP contribution is -2.54. The number of carbonyl (C=O) groups excluding carboxylic acids is 1. The lowest BCUT2D eigenvalue weighted by molar-refractivity contribution is -0.206. The number of nitrogens with one attached hydrogen (secondary N) is 1. The normalized spacial score (nSPS) is 35.1. The van der Waals surface area contributed by atoms with E-state index in [0.717, 1.165) is 12.8 Å². The van der Waals surface area contributed by atoms with E-state index in [1.54, 1.807) is 7.05 Å². The number of amides is 1. The Balaban J connectivity index is 2.37. The van der Waals surface area contributed by atoms with Crippen LogP contribution >= 0.6 is 0 Å². The van der Waals surface area contributed by atoms with E-state index in [0.29, 0.717) is 12.8 Å². The highest BCUT2D eigenvalue weighted by Gasteiger charge is 2.41. The van der Waals surface area contributed by atoms with Gasteiger partial charge >= 0.3 is 0 Å². The molecule has 1 fully saturated rings. The zero-order valence-electron chi connectivity index (χ0n) is 11.6. The van der Waals surface area contributed by atoms with Crippen molar-refractivity contribution >= 4 is 5.91 Å². The van der Waals surface area contributed by atoms with Crippen LogP contribution in [0.5, 0.6) is 0 Å². The first-order valence-electron chi connectivity index (χ1n) is 6.84. The summed E-state index contributed by atoms with van der Waals surface area (Å²) in [4.78, 5) is 11.1. The Hall–Kier alpha value is -0.690. The highest BCUT2D eigenvalue weighted by Crippen LogP contribution is 2.28. The Morgan fingerprint density at radius 1 is 1.21 bits per heavy atom. The van der Waals surface area contributed by atoms with Gasteiger partial charge in [0, 0.05) is 19.4 Å². The summed E-state index contributed by atoms with van der Waals surface area (Å²) in [5.41, 5.74) is 0. The molecule has 4 N–H and O–H groups in total. The predicted octanol–water partition coefficient (Wildman–Crippen LogP) is -0.590. The molecule has 6 nitrogen and oxygen atoms in total. The maximum Gasteiger partial charge on any atom is 0.219 e. The molecule has 1 rings (SSSR count). The van der Waals surface area contributed by atoms with E-state index >= 15 is 0 Å². The molecule has 0 aliphatic carbocycles. The summed E-state index contributed by atoms with van der Waals surface area (Å²) < 4.78 is 5.60. The van der Waals surface area contributed by atoms with Crippen LogP contribution in [0, 0.1) is 5.92 Å². The van der Waals surface area contributed by atoms with Gasteiger partial charge in [0.15, 0.2) is 0 Å². The predicted molar refractivity (Wildman–Crippen MR) is 69.5 cm³/mol. The van der Waals surface area contributed by atoms with Crippen LogP contribution in [0.1, 0.15) is 32.6 Å². The summed E-state index contributed by atoms with van der Waals surface area (Å²) in [7, 11) is 1.61. The average Bonchev–Trinajstić information content (AvgIpc) is 2.42. The van der Waals surface area contributed by atoms with Gasteiger partial charge in [0.2, 0.25) is 5.91 Å². The van der Waals surface area contributed by atoms with E-state index in [1.165, 1.54) is 0 Å². The van der Waals surface area contributed by atoms with Gasteiger partial charge in [-0.05, 0) is 12.8 Å². The molecule has 112 valence electrons. The van der Waals surface area contributed by atoms with Gasteiger partial charge in [0.25, 0.3) is 0 Å². The second-order valence-electron chi connectivity index (χ2n) is 5.15. The maximum atomic E-state index is 11.1. The van der Waals surface area contributed by atoms with Crippen LogP contribution in [0.2, 0.25) is 0 Å². The van der Waals surface area contributed by atoms with Crippen LogP contribution in [-0.2, 0) is 9.53 Å². The second-order valence-corrected chi connectivity index (χ2v) is 5.15. The van der Waals surface area contributed by atoms with Gasteiger partial charge in [0.05, 0.1) is 18.8 Å². The third kappa shape index (κ3) is 4.42. The van der Waals surface area contributed by atoms with E-state index < -0.39 is 18.3 Å². The molecule has 1 aliphatic heterocycles. The summed E-state index contributed by atoms with van der Waals surface area (Å²) in [6.45, 7) is 1.52. The van der Waals surface area contributed by atoms with Gasteiger partial charge in [0.1, 0.15) is 12.2 Å².